The van der Waals surface area contributed by atoms with Crippen molar-refractivity contribution in [2.24, 2.45) is 10.9 Å². The predicted octanol–water partition coefficient (Wildman–Crippen LogP) is 2.24. The summed E-state index contributed by atoms with van der Waals surface area (Å²) in [5.41, 5.74) is 2.44. The standard InChI is InChI=1S/C21H36N4O2/c1-5-26-16-19-9-7-6-8-18(19)12-23-21(22-4)24-13-20-15-25(10-11-27-20)14-17(2)3/h6-9,17,20H,5,10-16H2,1-4H3,(H2,22,23,24). The quantitative estimate of drug-likeness (QED) is 0.511. The van der Waals surface area contributed by atoms with Crippen molar-refractivity contribution in [3.63, 3.8) is 0 Å². The fraction of sp³-hybridized carbons (Fsp3) is 0.667. The van der Waals surface area contributed by atoms with E-state index in [9.17, 15) is 0 Å². The number of hydrogen-bond donors (Lipinski definition) is 2. The number of rotatable bonds is 9. The van der Waals surface area contributed by atoms with Crippen LogP contribution < -0.4 is 10.6 Å². The van der Waals surface area contributed by atoms with Crippen molar-refractivity contribution in [2.45, 2.75) is 40.0 Å². The van der Waals surface area contributed by atoms with Gasteiger partial charge in [-0.05, 0) is 24.0 Å². The summed E-state index contributed by atoms with van der Waals surface area (Å²) < 4.78 is 11.5. The zero-order valence-electron chi connectivity index (χ0n) is 17.3. The Balaban J connectivity index is 1.79. The van der Waals surface area contributed by atoms with E-state index in [1.165, 1.54) is 11.1 Å². The van der Waals surface area contributed by atoms with E-state index in [0.717, 1.165) is 45.4 Å². The molecule has 0 amide bonds. The van der Waals surface area contributed by atoms with Crippen LogP contribution in [0.2, 0.25) is 0 Å². The molecule has 1 saturated heterocycles. The first-order chi connectivity index (χ1) is 13.1. The average Bonchev–Trinajstić information content (AvgIpc) is 2.67. The van der Waals surface area contributed by atoms with Crippen molar-refractivity contribution >= 4 is 5.96 Å². The number of ether oxygens (including phenoxy) is 2. The maximum atomic E-state index is 5.91. The number of benzene rings is 1. The molecule has 2 rings (SSSR count). The topological polar surface area (TPSA) is 58.1 Å². The van der Waals surface area contributed by atoms with Gasteiger partial charge in [0.25, 0.3) is 0 Å². The van der Waals surface area contributed by atoms with E-state index in [1.807, 2.05) is 13.0 Å². The Morgan fingerprint density at radius 2 is 2.07 bits per heavy atom. The minimum atomic E-state index is 0.196. The summed E-state index contributed by atoms with van der Waals surface area (Å²) >= 11 is 0. The summed E-state index contributed by atoms with van der Waals surface area (Å²) in [7, 11) is 1.80. The fourth-order valence-electron chi connectivity index (χ4n) is 3.28. The highest BCUT2D eigenvalue weighted by Crippen LogP contribution is 2.10. The van der Waals surface area contributed by atoms with Gasteiger partial charge in [-0.25, -0.2) is 0 Å². The number of nitrogens with one attached hydrogen (secondary N) is 2. The molecule has 1 fully saturated rings. The number of morpholine rings is 1. The minimum absolute atomic E-state index is 0.196. The Labute approximate surface area is 164 Å². The molecule has 1 heterocycles. The molecule has 1 atom stereocenters. The monoisotopic (exact) mass is 376 g/mol. The lowest BCUT2D eigenvalue weighted by Crippen LogP contribution is -2.50. The van der Waals surface area contributed by atoms with Crippen LogP contribution in [0.4, 0.5) is 0 Å². The Morgan fingerprint density at radius 3 is 2.78 bits per heavy atom. The lowest BCUT2D eigenvalue weighted by Gasteiger charge is -2.34. The second kappa shape index (κ2) is 12.0. The van der Waals surface area contributed by atoms with Crippen molar-refractivity contribution in [3.05, 3.63) is 35.4 Å². The zero-order chi connectivity index (χ0) is 19.5. The molecule has 152 valence electrons. The highest BCUT2D eigenvalue weighted by Gasteiger charge is 2.21. The van der Waals surface area contributed by atoms with Crippen LogP contribution in [0.15, 0.2) is 29.3 Å². The number of nitrogens with zero attached hydrogens (tertiary/aromatic N) is 2. The van der Waals surface area contributed by atoms with E-state index in [1.54, 1.807) is 7.05 Å². The largest absolute Gasteiger partial charge is 0.377 e. The van der Waals surface area contributed by atoms with Gasteiger partial charge in [-0.1, -0.05) is 38.1 Å². The Morgan fingerprint density at radius 1 is 1.30 bits per heavy atom. The van der Waals surface area contributed by atoms with Crippen LogP contribution in [0.3, 0.4) is 0 Å². The predicted molar refractivity (Wildman–Crippen MR) is 111 cm³/mol. The third kappa shape index (κ3) is 7.87. The van der Waals surface area contributed by atoms with Crippen LogP contribution in [0.25, 0.3) is 0 Å². The lowest BCUT2D eigenvalue weighted by molar-refractivity contribution is -0.0284. The summed E-state index contributed by atoms with van der Waals surface area (Å²) in [5.74, 6) is 1.48. The lowest BCUT2D eigenvalue weighted by atomic mass is 10.1. The summed E-state index contributed by atoms with van der Waals surface area (Å²) in [5, 5.41) is 6.80. The Kier molecular flexibility index (Phi) is 9.59. The second-order valence-electron chi connectivity index (χ2n) is 7.36. The molecular weight excluding hydrogens is 340 g/mol. The molecular formula is C21H36N4O2. The van der Waals surface area contributed by atoms with E-state index in [-0.39, 0.29) is 6.10 Å². The summed E-state index contributed by atoms with van der Waals surface area (Å²) in [6, 6.07) is 8.35. The summed E-state index contributed by atoms with van der Waals surface area (Å²) in [4.78, 5) is 6.83. The van der Waals surface area contributed by atoms with Gasteiger partial charge in [0.1, 0.15) is 0 Å². The van der Waals surface area contributed by atoms with Gasteiger partial charge >= 0.3 is 0 Å². The third-order valence-corrected chi connectivity index (χ3v) is 4.59. The van der Waals surface area contributed by atoms with Crippen LogP contribution in [0, 0.1) is 5.92 Å². The van der Waals surface area contributed by atoms with Gasteiger partial charge in [-0.3, -0.25) is 9.89 Å². The molecule has 0 aromatic heterocycles. The van der Waals surface area contributed by atoms with Gasteiger partial charge in [0, 0.05) is 46.4 Å². The number of guanidine groups is 1. The molecule has 0 spiro atoms. The maximum absolute atomic E-state index is 5.91. The van der Waals surface area contributed by atoms with Gasteiger partial charge in [0.05, 0.1) is 19.3 Å². The maximum Gasteiger partial charge on any atom is 0.191 e. The molecule has 1 aromatic carbocycles. The van der Waals surface area contributed by atoms with E-state index < -0.39 is 0 Å². The molecule has 0 aliphatic carbocycles. The van der Waals surface area contributed by atoms with Crippen molar-refractivity contribution < 1.29 is 9.47 Å². The third-order valence-electron chi connectivity index (χ3n) is 4.59. The van der Waals surface area contributed by atoms with Gasteiger partial charge in [0.2, 0.25) is 0 Å². The van der Waals surface area contributed by atoms with Gasteiger partial charge in [0.15, 0.2) is 5.96 Å². The normalized spacial score (nSPS) is 18.7. The van der Waals surface area contributed by atoms with E-state index in [2.05, 4.69) is 52.6 Å². The second-order valence-corrected chi connectivity index (χ2v) is 7.36. The van der Waals surface area contributed by atoms with Crippen LogP contribution in [0.1, 0.15) is 31.9 Å². The summed E-state index contributed by atoms with van der Waals surface area (Å²) in [6.07, 6.45) is 0.196. The summed E-state index contributed by atoms with van der Waals surface area (Å²) in [6.45, 7) is 13.3. The average molecular weight is 377 g/mol. The van der Waals surface area contributed by atoms with E-state index in [0.29, 0.717) is 19.1 Å². The molecule has 0 bridgehead atoms. The molecule has 1 unspecified atom stereocenters. The van der Waals surface area contributed by atoms with Crippen molar-refractivity contribution in [1.82, 2.24) is 15.5 Å². The molecule has 1 aromatic rings. The van der Waals surface area contributed by atoms with Crippen molar-refractivity contribution in [2.75, 3.05) is 46.4 Å². The first-order valence-electron chi connectivity index (χ1n) is 10.0. The fourth-order valence-corrected chi connectivity index (χ4v) is 3.28. The molecule has 27 heavy (non-hydrogen) atoms. The molecule has 6 nitrogen and oxygen atoms in total. The SMILES string of the molecule is CCOCc1ccccc1CNC(=NC)NCC1CN(CC(C)C)CCO1. The smallest absolute Gasteiger partial charge is 0.191 e. The van der Waals surface area contributed by atoms with E-state index >= 15 is 0 Å². The number of hydrogen-bond acceptors (Lipinski definition) is 4. The molecule has 2 N–H and O–H groups in total. The van der Waals surface area contributed by atoms with Crippen molar-refractivity contribution in [1.29, 1.82) is 0 Å². The first-order valence-corrected chi connectivity index (χ1v) is 10.0. The molecule has 6 heteroatoms. The highest BCUT2D eigenvalue weighted by molar-refractivity contribution is 5.79. The van der Waals surface area contributed by atoms with Crippen LogP contribution in [-0.4, -0.2) is 63.4 Å². The zero-order valence-corrected chi connectivity index (χ0v) is 17.3. The van der Waals surface area contributed by atoms with Gasteiger partial charge in [-0.15, -0.1) is 0 Å². The van der Waals surface area contributed by atoms with E-state index in [4.69, 9.17) is 9.47 Å². The van der Waals surface area contributed by atoms with Gasteiger partial charge < -0.3 is 20.1 Å². The minimum Gasteiger partial charge on any atom is -0.377 e. The first kappa shape index (κ1) is 21.7. The van der Waals surface area contributed by atoms with Crippen molar-refractivity contribution in [3.8, 4) is 0 Å². The van der Waals surface area contributed by atoms with Crippen LogP contribution in [0.5, 0.6) is 0 Å². The Hall–Kier alpha value is -1.63. The van der Waals surface area contributed by atoms with Crippen LogP contribution >= 0.6 is 0 Å². The molecule has 1 aliphatic rings. The molecule has 0 saturated carbocycles. The Bertz CT molecular complexity index is 577. The number of aliphatic imine (C=N–C) groups is 1. The highest BCUT2D eigenvalue weighted by atomic mass is 16.5. The van der Waals surface area contributed by atoms with Crippen LogP contribution in [-0.2, 0) is 22.6 Å². The molecule has 0 radical (unpaired) electrons. The van der Waals surface area contributed by atoms with Gasteiger partial charge in [-0.2, -0.15) is 0 Å². The molecule has 1 aliphatic heterocycles.